The first-order chi connectivity index (χ1) is 7.90. The quantitative estimate of drug-likeness (QED) is 0.447. The maximum atomic E-state index is 13.0. The van der Waals surface area contributed by atoms with Gasteiger partial charge >= 0.3 is 0 Å². The molecule has 0 aliphatic carbocycles. The first-order valence-electron chi connectivity index (χ1n) is 5.27. The van der Waals surface area contributed by atoms with Crippen molar-refractivity contribution in [3.63, 3.8) is 0 Å². The molecule has 1 atom stereocenters. The van der Waals surface area contributed by atoms with Crippen molar-refractivity contribution in [3.05, 3.63) is 12.4 Å². The summed E-state index contributed by atoms with van der Waals surface area (Å²) in [7, 11) is 0. The number of fused-ring (bicyclic) bond motifs is 1. The molecule has 2 aromatic heterocycles. The second-order valence-corrected chi connectivity index (χ2v) is 5.30. The minimum atomic E-state index is -0.672. The van der Waals surface area contributed by atoms with E-state index in [0.29, 0.717) is 17.0 Å². The molecule has 2 N–H and O–H groups in total. The molecular weight excluding hydrogens is 241 g/mol. The first kappa shape index (κ1) is 12.1. The third-order valence-electron chi connectivity index (χ3n) is 2.75. The van der Waals surface area contributed by atoms with E-state index in [1.807, 2.05) is 20.8 Å². The van der Waals surface area contributed by atoms with E-state index in [0.717, 1.165) is 0 Å². The van der Waals surface area contributed by atoms with Crippen LogP contribution >= 0.6 is 12.6 Å². The number of H-pyrrole nitrogens is 1. The van der Waals surface area contributed by atoms with Crippen LogP contribution in [-0.2, 0) is 0 Å². The fourth-order valence-electron chi connectivity index (χ4n) is 1.28. The van der Waals surface area contributed by atoms with Crippen LogP contribution in [0.3, 0.4) is 0 Å². The van der Waals surface area contributed by atoms with Crippen LogP contribution in [0.2, 0.25) is 0 Å². The van der Waals surface area contributed by atoms with Gasteiger partial charge < -0.3 is 5.32 Å². The van der Waals surface area contributed by atoms with Gasteiger partial charge in [0.15, 0.2) is 17.0 Å². The predicted octanol–water partition coefficient (Wildman–Crippen LogP) is 2.21. The summed E-state index contributed by atoms with van der Waals surface area (Å²) in [4.78, 5) is 13.6. The average molecular weight is 255 g/mol. The van der Waals surface area contributed by atoms with Crippen molar-refractivity contribution in [3.8, 4) is 0 Å². The molecule has 2 aromatic rings. The molecule has 7 heteroatoms. The molecule has 0 amide bonds. The van der Waals surface area contributed by atoms with Crippen LogP contribution in [0.1, 0.15) is 20.8 Å². The third kappa shape index (κ3) is 2.33. The van der Waals surface area contributed by atoms with Crippen molar-refractivity contribution in [2.45, 2.75) is 25.6 Å². The number of thiol groups is 1. The number of halogens is 1. The van der Waals surface area contributed by atoms with Crippen LogP contribution in [0.15, 0.2) is 6.33 Å². The summed E-state index contributed by atoms with van der Waals surface area (Å²) in [6.07, 6.45) is 0.681. The molecule has 0 aliphatic heterocycles. The van der Waals surface area contributed by atoms with E-state index in [1.165, 1.54) is 6.33 Å². The molecule has 2 rings (SSSR count). The minimum absolute atomic E-state index is 0.264. The summed E-state index contributed by atoms with van der Waals surface area (Å²) in [6.45, 7) is 5.99. The van der Waals surface area contributed by atoms with E-state index in [1.54, 1.807) is 0 Å². The number of hydrogen-bond donors (Lipinski definition) is 3. The van der Waals surface area contributed by atoms with Crippen molar-refractivity contribution < 1.29 is 4.39 Å². The van der Waals surface area contributed by atoms with Gasteiger partial charge in [-0.3, -0.25) is 4.98 Å². The second-order valence-electron chi connectivity index (χ2n) is 4.37. The Labute approximate surface area is 104 Å². The Morgan fingerprint density at radius 2 is 2.18 bits per heavy atom. The van der Waals surface area contributed by atoms with Crippen LogP contribution < -0.4 is 5.32 Å². The smallest absolute Gasteiger partial charge is 0.288 e. The summed E-state index contributed by atoms with van der Waals surface area (Å²) in [5.41, 5.74) is 0.749. The van der Waals surface area contributed by atoms with E-state index in [2.05, 4.69) is 37.9 Å². The Balaban J connectivity index is 2.42. The van der Waals surface area contributed by atoms with Gasteiger partial charge in [0.25, 0.3) is 6.08 Å². The highest BCUT2D eigenvalue weighted by molar-refractivity contribution is 7.81. The zero-order valence-electron chi connectivity index (χ0n) is 9.82. The summed E-state index contributed by atoms with van der Waals surface area (Å²) < 4.78 is 13.0. The van der Waals surface area contributed by atoms with Crippen LogP contribution in [0.25, 0.3) is 11.2 Å². The summed E-state index contributed by atoms with van der Waals surface area (Å²) >= 11 is 4.52. The molecule has 0 bridgehead atoms. The molecule has 0 radical (unpaired) electrons. The zero-order chi connectivity index (χ0) is 12.6. The Bertz CT molecular complexity index is 536. The molecule has 0 aliphatic rings. The molecule has 17 heavy (non-hydrogen) atoms. The van der Waals surface area contributed by atoms with E-state index in [4.69, 9.17) is 0 Å². The lowest BCUT2D eigenvalue weighted by Crippen LogP contribution is -2.34. The highest BCUT2D eigenvalue weighted by Gasteiger charge is 2.25. The average Bonchev–Trinajstić information content (AvgIpc) is 2.59. The maximum Gasteiger partial charge on any atom is 0.288 e. The molecular formula is C10H14FN5S. The number of aromatic nitrogens is 4. The second kappa shape index (κ2) is 4.14. The maximum absolute atomic E-state index is 13.0. The van der Waals surface area contributed by atoms with Crippen molar-refractivity contribution >= 4 is 29.6 Å². The Kier molecular flexibility index (Phi) is 2.94. The predicted molar refractivity (Wildman–Crippen MR) is 67.5 cm³/mol. The summed E-state index contributed by atoms with van der Waals surface area (Å²) in [6, 6.07) is 0. The normalized spacial score (nSPS) is 15.2. The van der Waals surface area contributed by atoms with Gasteiger partial charge in [-0.25, -0.2) is 9.97 Å². The molecule has 0 fully saturated rings. The Morgan fingerprint density at radius 3 is 2.82 bits per heavy atom. The fraction of sp³-hybridized carbons (Fsp3) is 0.500. The Morgan fingerprint density at radius 1 is 1.47 bits per heavy atom. The van der Waals surface area contributed by atoms with Crippen LogP contribution in [0, 0.1) is 12.0 Å². The topological polar surface area (TPSA) is 66.5 Å². The number of hydrogen-bond acceptors (Lipinski definition) is 5. The van der Waals surface area contributed by atoms with Crippen molar-refractivity contribution in [2.24, 2.45) is 5.92 Å². The molecule has 5 nitrogen and oxygen atoms in total. The van der Waals surface area contributed by atoms with Gasteiger partial charge in [-0.1, -0.05) is 13.8 Å². The SMILES string of the molecule is CC(C)C(C)(S)Nc1ncnc2[nH]c(F)nc12. The minimum Gasteiger partial charge on any atom is -0.354 e. The van der Waals surface area contributed by atoms with E-state index < -0.39 is 10.9 Å². The fourth-order valence-corrected chi connectivity index (χ4v) is 1.38. The van der Waals surface area contributed by atoms with Gasteiger partial charge in [0.1, 0.15) is 6.33 Å². The van der Waals surface area contributed by atoms with Gasteiger partial charge in [-0.05, 0) is 12.8 Å². The van der Waals surface area contributed by atoms with Gasteiger partial charge in [0, 0.05) is 0 Å². The molecule has 1 unspecified atom stereocenters. The molecule has 2 heterocycles. The highest BCUT2D eigenvalue weighted by Crippen LogP contribution is 2.27. The zero-order valence-corrected chi connectivity index (χ0v) is 10.7. The highest BCUT2D eigenvalue weighted by atomic mass is 32.1. The van der Waals surface area contributed by atoms with Gasteiger partial charge in [0.05, 0.1) is 4.87 Å². The van der Waals surface area contributed by atoms with Crippen LogP contribution in [0.5, 0.6) is 0 Å². The lowest BCUT2D eigenvalue weighted by Gasteiger charge is -2.29. The lowest BCUT2D eigenvalue weighted by atomic mass is 10.1. The van der Waals surface area contributed by atoms with Crippen LogP contribution in [0.4, 0.5) is 10.2 Å². The number of nitrogens with one attached hydrogen (secondary N) is 2. The van der Waals surface area contributed by atoms with E-state index >= 15 is 0 Å². The van der Waals surface area contributed by atoms with E-state index in [-0.39, 0.29) is 5.92 Å². The van der Waals surface area contributed by atoms with Crippen molar-refractivity contribution in [1.29, 1.82) is 0 Å². The number of aromatic amines is 1. The van der Waals surface area contributed by atoms with Gasteiger partial charge in [-0.15, -0.1) is 0 Å². The largest absolute Gasteiger partial charge is 0.354 e. The molecule has 0 aromatic carbocycles. The standard InChI is InChI=1S/C10H14FN5S/c1-5(2)10(3,17)16-8-6-7(12-4-13-8)15-9(11)14-6/h4-5,17H,1-3H3,(H2,12,13,14,15,16). The lowest BCUT2D eigenvalue weighted by molar-refractivity contribution is 0.518. The molecule has 0 spiro atoms. The summed E-state index contributed by atoms with van der Waals surface area (Å²) in [5, 5.41) is 3.14. The van der Waals surface area contributed by atoms with Gasteiger partial charge in [-0.2, -0.15) is 22.0 Å². The molecule has 0 saturated carbocycles. The molecule has 0 saturated heterocycles. The number of nitrogens with zero attached hydrogens (tertiary/aromatic N) is 3. The van der Waals surface area contributed by atoms with Crippen LogP contribution in [-0.4, -0.2) is 24.8 Å². The molecule has 92 valence electrons. The van der Waals surface area contributed by atoms with Gasteiger partial charge in [0.2, 0.25) is 0 Å². The number of anilines is 1. The van der Waals surface area contributed by atoms with Crippen molar-refractivity contribution in [2.75, 3.05) is 5.32 Å². The van der Waals surface area contributed by atoms with Crippen molar-refractivity contribution in [1.82, 2.24) is 19.9 Å². The summed E-state index contributed by atoms with van der Waals surface area (Å²) in [5.74, 6) is 0.737. The monoisotopic (exact) mass is 255 g/mol. The Hall–Kier alpha value is -1.37. The van der Waals surface area contributed by atoms with E-state index in [9.17, 15) is 4.39 Å². The third-order valence-corrected chi connectivity index (χ3v) is 3.38. The number of imidazole rings is 1. The number of rotatable bonds is 3. The first-order valence-corrected chi connectivity index (χ1v) is 5.71.